The van der Waals surface area contributed by atoms with E-state index in [2.05, 4.69) is 12.2 Å². The maximum Gasteiger partial charge on any atom is 0.222 e. The second-order valence-corrected chi connectivity index (χ2v) is 5.13. The predicted molar refractivity (Wildman–Crippen MR) is 62.1 cm³/mol. The van der Waals surface area contributed by atoms with Crippen LogP contribution in [0.25, 0.3) is 0 Å². The Morgan fingerprint density at radius 2 is 2.44 bits per heavy atom. The molecule has 4 nitrogen and oxygen atoms in total. The maximum atomic E-state index is 11.7. The quantitative estimate of drug-likeness (QED) is 0.758. The summed E-state index contributed by atoms with van der Waals surface area (Å²) in [5, 5.41) is 3.33. The number of nitrogens with zero attached hydrogens (tertiary/aromatic N) is 1. The Balaban J connectivity index is 1.88. The fourth-order valence-corrected chi connectivity index (χ4v) is 2.73. The number of carbonyl (C=O) groups excluding carboxylic acids is 1. The van der Waals surface area contributed by atoms with E-state index in [9.17, 15) is 4.79 Å². The van der Waals surface area contributed by atoms with Gasteiger partial charge in [-0.1, -0.05) is 6.92 Å². The van der Waals surface area contributed by atoms with Gasteiger partial charge in [-0.05, 0) is 19.4 Å². The molecule has 2 saturated heterocycles. The summed E-state index contributed by atoms with van der Waals surface area (Å²) < 4.78 is 5.41. The van der Waals surface area contributed by atoms with Crippen molar-refractivity contribution in [2.45, 2.75) is 25.8 Å². The zero-order valence-corrected chi connectivity index (χ0v) is 10.2. The molecule has 0 aromatic rings. The lowest BCUT2D eigenvalue weighted by molar-refractivity contribution is -0.128. The molecule has 0 spiro atoms. The highest BCUT2D eigenvalue weighted by molar-refractivity contribution is 5.78. The first-order valence-electron chi connectivity index (χ1n) is 6.23. The van der Waals surface area contributed by atoms with Crippen molar-refractivity contribution in [3.63, 3.8) is 0 Å². The molecule has 2 fully saturated rings. The Labute approximate surface area is 97.3 Å². The lowest BCUT2D eigenvalue weighted by Gasteiger charge is -2.27. The third kappa shape index (κ3) is 2.55. The summed E-state index contributed by atoms with van der Waals surface area (Å²) in [6.45, 7) is 5.61. The minimum absolute atomic E-state index is 0.312. The van der Waals surface area contributed by atoms with Gasteiger partial charge in [0.25, 0.3) is 0 Å². The van der Waals surface area contributed by atoms with E-state index in [0.717, 1.165) is 39.1 Å². The fraction of sp³-hybridized carbons (Fsp3) is 0.917. The minimum Gasteiger partial charge on any atom is -0.381 e. The van der Waals surface area contributed by atoms with Crippen molar-refractivity contribution in [1.82, 2.24) is 10.2 Å². The monoisotopic (exact) mass is 226 g/mol. The van der Waals surface area contributed by atoms with Crippen LogP contribution in [0.5, 0.6) is 0 Å². The molecule has 16 heavy (non-hydrogen) atoms. The molecule has 0 aliphatic carbocycles. The van der Waals surface area contributed by atoms with Crippen molar-refractivity contribution >= 4 is 5.91 Å². The van der Waals surface area contributed by atoms with Gasteiger partial charge < -0.3 is 15.0 Å². The number of carbonyl (C=O) groups is 1. The summed E-state index contributed by atoms with van der Waals surface area (Å²) in [6.07, 6.45) is 1.83. The molecule has 0 aromatic carbocycles. The molecule has 92 valence electrons. The van der Waals surface area contributed by atoms with E-state index in [1.54, 1.807) is 0 Å². The minimum atomic E-state index is 0.312. The van der Waals surface area contributed by atoms with Gasteiger partial charge in [0.05, 0.1) is 6.61 Å². The van der Waals surface area contributed by atoms with Gasteiger partial charge >= 0.3 is 0 Å². The van der Waals surface area contributed by atoms with Gasteiger partial charge in [-0.2, -0.15) is 0 Å². The van der Waals surface area contributed by atoms with Crippen LogP contribution in [-0.4, -0.2) is 50.2 Å². The van der Waals surface area contributed by atoms with Crippen molar-refractivity contribution in [2.24, 2.45) is 11.8 Å². The van der Waals surface area contributed by atoms with Crippen LogP contribution in [0.2, 0.25) is 0 Å². The van der Waals surface area contributed by atoms with Gasteiger partial charge in [0.1, 0.15) is 0 Å². The smallest absolute Gasteiger partial charge is 0.222 e. The van der Waals surface area contributed by atoms with E-state index in [-0.39, 0.29) is 0 Å². The third-order valence-electron chi connectivity index (χ3n) is 3.73. The Bertz CT molecular complexity index is 251. The van der Waals surface area contributed by atoms with Crippen LogP contribution in [0.15, 0.2) is 0 Å². The van der Waals surface area contributed by atoms with Crippen molar-refractivity contribution < 1.29 is 9.53 Å². The molecule has 0 aromatic heterocycles. The van der Waals surface area contributed by atoms with Crippen LogP contribution in [0, 0.1) is 11.8 Å². The van der Waals surface area contributed by atoms with Gasteiger partial charge in [0.15, 0.2) is 0 Å². The zero-order valence-electron chi connectivity index (χ0n) is 10.2. The van der Waals surface area contributed by atoms with Gasteiger partial charge in [0, 0.05) is 38.1 Å². The summed E-state index contributed by atoms with van der Waals surface area (Å²) in [7, 11) is 1.98. The average Bonchev–Trinajstić information content (AvgIpc) is 2.85. The Morgan fingerprint density at radius 3 is 2.94 bits per heavy atom. The number of rotatable bonds is 4. The van der Waals surface area contributed by atoms with Crippen LogP contribution in [-0.2, 0) is 9.53 Å². The van der Waals surface area contributed by atoms with Gasteiger partial charge in [0.2, 0.25) is 5.91 Å². The Kier molecular flexibility index (Phi) is 3.82. The first-order chi connectivity index (χ1) is 7.70. The number of likely N-dealkylation sites (tertiary alicyclic amines) is 1. The SMILES string of the molecule is CNC(CN1CC(C)CC1=O)C1CCOC1. The topological polar surface area (TPSA) is 41.6 Å². The van der Waals surface area contributed by atoms with Crippen LogP contribution in [0.4, 0.5) is 0 Å². The number of amides is 1. The summed E-state index contributed by atoms with van der Waals surface area (Å²) >= 11 is 0. The zero-order chi connectivity index (χ0) is 11.5. The standard InChI is InChI=1S/C12H22N2O2/c1-9-5-12(15)14(6-9)7-11(13-2)10-3-4-16-8-10/h9-11,13H,3-8H2,1-2H3. The summed E-state index contributed by atoms with van der Waals surface area (Å²) in [5.41, 5.74) is 0. The van der Waals surface area contributed by atoms with E-state index in [1.165, 1.54) is 0 Å². The highest BCUT2D eigenvalue weighted by atomic mass is 16.5. The second kappa shape index (κ2) is 5.15. The summed E-state index contributed by atoms with van der Waals surface area (Å²) in [6, 6.07) is 0.386. The van der Waals surface area contributed by atoms with Crippen molar-refractivity contribution in [3.05, 3.63) is 0 Å². The molecule has 2 rings (SSSR count). The van der Waals surface area contributed by atoms with Crippen molar-refractivity contribution in [2.75, 3.05) is 33.4 Å². The van der Waals surface area contributed by atoms with Crippen LogP contribution in [0.1, 0.15) is 19.8 Å². The predicted octanol–water partition coefficient (Wildman–Crippen LogP) is 0.479. The number of likely N-dealkylation sites (N-methyl/N-ethyl adjacent to an activating group) is 1. The number of ether oxygens (including phenoxy) is 1. The first kappa shape index (κ1) is 11.9. The van der Waals surface area contributed by atoms with E-state index >= 15 is 0 Å². The van der Waals surface area contributed by atoms with E-state index in [0.29, 0.717) is 23.8 Å². The Morgan fingerprint density at radius 1 is 1.62 bits per heavy atom. The lowest BCUT2D eigenvalue weighted by atomic mass is 9.99. The fourth-order valence-electron chi connectivity index (χ4n) is 2.73. The molecule has 0 radical (unpaired) electrons. The Hall–Kier alpha value is -0.610. The second-order valence-electron chi connectivity index (χ2n) is 5.13. The molecular weight excluding hydrogens is 204 g/mol. The van der Waals surface area contributed by atoms with Crippen molar-refractivity contribution in [1.29, 1.82) is 0 Å². The summed E-state index contributed by atoms with van der Waals surface area (Å²) in [5.74, 6) is 1.39. The van der Waals surface area contributed by atoms with Crippen molar-refractivity contribution in [3.8, 4) is 0 Å². The van der Waals surface area contributed by atoms with Gasteiger partial charge in [-0.25, -0.2) is 0 Å². The molecule has 2 aliphatic heterocycles. The molecule has 3 unspecified atom stereocenters. The molecule has 1 amide bonds. The molecule has 0 saturated carbocycles. The molecule has 4 heteroatoms. The number of hydrogen-bond donors (Lipinski definition) is 1. The van der Waals surface area contributed by atoms with E-state index < -0.39 is 0 Å². The van der Waals surface area contributed by atoms with Gasteiger partial charge in [-0.15, -0.1) is 0 Å². The molecule has 1 N–H and O–H groups in total. The van der Waals surface area contributed by atoms with E-state index in [1.807, 2.05) is 11.9 Å². The molecule has 2 heterocycles. The van der Waals surface area contributed by atoms with Gasteiger partial charge in [-0.3, -0.25) is 4.79 Å². The highest BCUT2D eigenvalue weighted by Gasteiger charge is 2.31. The number of hydrogen-bond acceptors (Lipinski definition) is 3. The third-order valence-corrected chi connectivity index (χ3v) is 3.73. The number of nitrogens with one attached hydrogen (secondary N) is 1. The van der Waals surface area contributed by atoms with Crippen LogP contribution < -0.4 is 5.32 Å². The van der Waals surface area contributed by atoms with Crippen LogP contribution in [0.3, 0.4) is 0 Å². The van der Waals surface area contributed by atoms with Crippen LogP contribution >= 0.6 is 0 Å². The largest absolute Gasteiger partial charge is 0.381 e. The molecular formula is C12H22N2O2. The highest BCUT2D eigenvalue weighted by Crippen LogP contribution is 2.21. The normalized spacial score (nSPS) is 32.4. The molecule has 0 bridgehead atoms. The summed E-state index contributed by atoms with van der Waals surface area (Å²) in [4.78, 5) is 13.7. The van der Waals surface area contributed by atoms with E-state index in [4.69, 9.17) is 4.74 Å². The lowest BCUT2D eigenvalue weighted by Crippen LogP contribution is -2.45. The maximum absolute atomic E-state index is 11.7. The first-order valence-corrected chi connectivity index (χ1v) is 6.23. The molecule has 3 atom stereocenters. The average molecular weight is 226 g/mol. The molecule has 2 aliphatic rings.